The number of carbonyl (C=O) groups is 3. The Bertz CT molecular complexity index is 920. The zero-order chi connectivity index (χ0) is 22.8. The molecule has 0 aliphatic heterocycles. The second-order valence-corrected chi connectivity index (χ2v) is 7.79. The van der Waals surface area contributed by atoms with Gasteiger partial charge in [0, 0.05) is 32.2 Å². The summed E-state index contributed by atoms with van der Waals surface area (Å²) < 4.78 is 5.26. The van der Waals surface area contributed by atoms with E-state index in [9.17, 15) is 14.4 Å². The molecule has 166 valence electrons. The van der Waals surface area contributed by atoms with Gasteiger partial charge in [0.05, 0.1) is 7.11 Å². The van der Waals surface area contributed by atoms with Crippen molar-refractivity contribution in [1.82, 2.24) is 10.2 Å². The van der Waals surface area contributed by atoms with Crippen LogP contribution in [0.3, 0.4) is 0 Å². The fourth-order valence-corrected chi connectivity index (χ4v) is 3.74. The Labute approximate surface area is 185 Å². The minimum absolute atomic E-state index is 0.204. The van der Waals surface area contributed by atoms with Crippen LogP contribution in [0.25, 0.3) is 0 Å². The minimum atomic E-state index is -0.708. The molecule has 0 saturated heterocycles. The quantitative estimate of drug-likeness (QED) is 0.388. The average molecular weight is 443 g/mol. The standard InChI is InChI=1S/C23H30N3O4P/c1-16-6-4-7-20(25-13-17-9-10-18(30-3)12-22(17)31)19(16)14-26(15-28)21(8-5-11-27)23(29)24-2/h4,6-7,9-12,15,21,25H,5,8,13-14,31H2,1-3H3,(H,24,29). The van der Waals surface area contributed by atoms with Gasteiger partial charge in [-0.25, -0.2) is 0 Å². The predicted molar refractivity (Wildman–Crippen MR) is 126 cm³/mol. The first-order chi connectivity index (χ1) is 14.9. The number of hydrogen-bond donors (Lipinski definition) is 2. The van der Waals surface area contributed by atoms with E-state index in [1.165, 1.54) is 11.9 Å². The largest absolute Gasteiger partial charge is 0.497 e. The lowest BCUT2D eigenvalue weighted by Gasteiger charge is -2.28. The Hall–Kier alpha value is -2.92. The predicted octanol–water partition coefficient (Wildman–Crippen LogP) is 2.17. The van der Waals surface area contributed by atoms with E-state index in [1.807, 2.05) is 43.3 Å². The number of likely N-dealkylation sites (N-methyl/N-ethyl adjacent to an activating group) is 1. The molecule has 2 atom stereocenters. The summed E-state index contributed by atoms with van der Waals surface area (Å²) >= 11 is 0. The highest BCUT2D eigenvalue weighted by molar-refractivity contribution is 7.27. The van der Waals surface area contributed by atoms with Crippen LogP contribution in [0.2, 0.25) is 0 Å². The zero-order valence-electron chi connectivity index (χ0n) is 18.2. The van der Waals surface area contributed by atoms with Crippen LogP contribution in [-0.2, 0) is 27.5 Å². The third kappa shape index (κ3) is 6.53. The van der Waals surface area contributed by atoms with Crippen LogP contribution in [0.4, 0.5) is 5.69 Å². The molecule has 0 radical (unpaired) electrons. The number of rotatable bonds is 12. The molecule has 2 aromatic carbocycles. The van der Waals surface area contributed by atoms with Gasteiger partial charge in [0.25, 0.3) is 0 Å². The molecule has 0 aliphatic carbocycles. The molecule has 2 amide bonds. The van der Waals surface area contributed by atoms with E-state index in [0.29, 0.717) is 13.0 Å². The molecule has 2 unspecified atom stereocenters. The van der Waals surface area contributed by atoms with Crippen LogP contribution < -0.4 is 20.7 Å². The highest BCUT2D eigenvalue weighted by atomic mass is 31.0. The number of anilines is 1. The molecule has 0 aliphatic rings. The van der Waals surface area contributed by atoms with Crippen molar-refractivity contribution in [3.05, 3.63) is 53.1 Å². The SMILES string of the molecule is CNC(=O)C(CCC=O)N(C=O)Cc1c(C)cccc1NCc1ccc(OC)cc1P. The lowest BCUT2D eigenvalue weighted by molar-refractivity contribution is -0.133. The summed E-state index contributed by atoms with van der Waals surface area (Å²) in [6, 6.07) is 11.0. The number of aldehydes is 1. The Morgan fingerprint density at radius 2 is 2.03 bits per heavy atom. The summed E-state index contributed by atoms with van der Waals surface area (Å²) in [5.41, 5.74) is 3.91. The van der Waals surface area contributed by atoms with Gasteiger partial charge in [-0.1, -0.05) is 18.2 Å². The van der Waals surface area contributed by atoms with E-state index in [2.05, 4.69) is 19.9 Å². The molecule has 31 heavy (non-hydrogen) atoms. The van der Waals surface area contributed by atoms with Gasteiger partial charge in [-0.2, -0.15) is 0 Å². The first-order valence-electron chi connectivity index (χ1n) is 10.1. The van der Waals surface area contributed by atoms with Crippen molar-refractivity contribution in [3.8, 4) is 5.75 Å². The van der Waals surface area contributed by atoms with E-state index < -0.39 is 6.04 Å². The van der Waals surface area contributed by atoms with Crippen LogP contribution in [0.15, 0.2) is 36.4 Å². The number of nitrogens with zero attached hydrogens (tertiary/aromatic N) is 1. The van der Waals surface area contributed by atoms with E-state index in [0.717, 1.165) is 39.7 Å². The number of methoxy groups -OCH3 is 1. The van der Waals surface area contributed by atoms with E-state index in [-0.39, 0.29) is 25.3 Å². The summed E-state index contributed by atoms with van der Waals surface area (Å²) in [5, 5.41) is 7.06. The Balaban J connectivity index is 2.25. The number of nitrogens with one attached hydrogen (secondary N) is 2. The first-order valence-corrected chi connectivity index (χ1v) is 10.6. The van der Waals surface area contributed by atoms with Crippen molar-refractivity contribution in [2.24, 2.45) is 0 Å². The smallest absolute Gasteiger partial charge is 0.242 e. The summed E-state index contributed by atoms with van der Waals surface area (Å²) in [6.07, 6.45) is 1.91. The third-order valence-corrected chi connectivity index (χ3v) is 5.75. The van der Waals surface area contributed by atoms with Crippen molar-refractivity contribution in [2.45, 2.75) is 38.9 Å². The fourth-order valence-electron chi connectivity index (χ4n) is 3.37. The molecule has 2 rings (SSSR count). The summed E-state index contributed by atoms with van der Waals surface area (Å²) in [5.74, 6) is 0.505. The average Bonchev–Trinajstić information content (AvgIpc) is 2.78. The maximum atomic E-state index is 12.3. The molecule has 2 N–H and O–H groups in total. The number of hydrogen-bond acceptors (Lipinski definition) is 5. The molecular weight excluding hydrogens is 413 g/mol. The Kier molecular flexibility index (Phi) is 9.47. The Morgan fingerprint density at radius 3 is 2.65 bits per heavy atom. The van der Waals surface area contributed by atoms with Crippen LogP contribution in [0, 0.1) is 6.92 Å². The molecule has 2 aromatic rings. The second-order valence-electron chi connectivity index (χ2n) is 7.17. The van der Waals surface area contributed by atoms with Gasteiger partial charge >= 0.3 is 0 Å². The molecule has 0 spiro atoms. The molecule has 0 aromatic heterocycles. The monoisotopic (exact) mass is 443 g/mol. The van der Waals surface area contributed by atoms with Gasteiger partial charge in [-0.05, 0) is 53.5 Å². The number of ether oxygens (including phenoxy) is 1. The summed E-state index contributed by atoms with van der Waals surface area (Å²) in [4.78, 5) is 36.5. The van der Waals surface area contributed by atoms with Gasteiger partial charge in [0.2, 0.25) is 12.3 Å². The van der Waals surface area contributed by atoms with Gasteiger partial charge in [-0.3, -0.25) is 9.59 Å². The number of aryl methyl sites for hydroxylation is 1. The maximum absolute atomic E-state index is 12.3. The molecule has 0 heterocycles. The van der Waals surface area contributed by atoms with Gasteiger partial charge < -0.3 is 25.1 Å². The molecular formula is C23H30N3O4P. The summed E-state index contributed by atoms with van der Waals surface area (Å²) in [7, 11) is 5.87. The van der Waals surface area contributed by atoms with Crippen LogP contribution >= 0.6 is 9.24 Å². The van der Waals surface area contributed by atoms with Crippen molar-refractivity contribution >= 4 is 38.8 Å². The van der Waals surface area contributed by atoms with E-state index >= 15 is 0 Å². The molecule has 0 saturated carbocycles. The van der Waals surface area contributed by atoms with Gasteiger partial charge in [-0.15, -0.1) is 9.24 Å². The highest BCUT2D eigenvalue weighted by Gasteiger charge is 2.25. The van der Waals surface area contributed by atoms with Gasteiger partial charge in [0.1, 0.15) is 18.1 Å². The highest BCUT2D eigenvalue weighted by Crippen LogP contribution is 2.24. The number of amides is 2. The fraction of sp³-hybridized carbons (Fsp3) is 0.348. The lowest BCUT2D eigenvalue weighted by atomic mass is 10.0. The van der Waals surface area contributed by atoms with Crippen LogP contribution in [0.1, 0.15) is 29.5 Å². The van der Waals surface area contributed by atoms with Gasteiger partial charge in [0.15, 0.2) is 0 Å². The molecule has 0 bridgehead atoms. The van der Waals surface area contributed by atoms with Crippen molar-refractivity contribution in [3.63, 3.8) is 0 Å². The van der Waals surface area contributed by atoms with E-state index in [4.69, 9.17) is 4.74 Å². The third-order valence-electron chi connectivity index (χ3n) is 5.22. The summed E-state index contributed by atoms with van der Waals surface area (Å²) in [6.45, 7) is 2.81. The van der Waals surface area contributed by atoms with E-state index in [1.54, 1.807) is 7.11 Å². The number of carbonyl (C=O) groups excluding carboxylic acids is 3. The second kappa shape index (κ2) is 12.1. The van der Waals surface area contributed by atoms with Crippen molar-refractivity contribution < 1.29 is 19.1 Å². The molecule has 7 nitrogen and oxygen atoms in total. The van der Waals surface area contributed by atoms with Crippen LogP contribution in [0.5, 0.6) is 5.75 Å². The minimum Gasteiger partial charge on any atom is -0.497 e. The molecule has 0 fully saturated rings. The number of benzene rings is 2. The normalized spacial score (nSPS) is 11.4. The first kappa shape index (κ1) is 24.4. The van der Waals surface area contributed by atoms with Crippen molar-refractivity contribution in [2.75, 3.05) is 19.5 Å². The Morgan fingerprint density at radius 1 is 1.26 bits per heavy atom. The lowest BCUT2D eigenvalue weighted by Crippen LogP contribution is -2.45. The topological polar surface area (TPSA) is 87.7 Å². The van der Waals surface area contributed by atoms with Crippen LogP contribution in [-0.4, -0.2) is 43.7 Å². The zero-order valence-corrected chi connectivity index (χ0v) is 19.3. The van der Waals surface area contributed by atoms with Crippen molar-refractivity contribution in [1.29, 1.82) is 0 Å². The maximum Gasteiger partial charge on any atom is 0.242 e. The molecule has 8 heteroatoms.